The van der Waals surface area contributed by atoms with Gasteiger partial charge in [0.25, 0.3) is 0 Å². The summed E-state index contributed by atoms with van der Waals surface area (Å²) >= 11 is 0. The van der Waals surface area contributed by atoms with Crippen LogP contribution in [0.5, 0.6) is 0 Å². The summed E-state index contributed by atoms with van der Waals surface area (Å²) in [6.45, 7) is 6.99. The van der Waals surface area contributed by atoms with E-state index in [2.05, 4.69) is 22.7 Å². The van der Waals surface area contributed by atoms with Crippen molar-refractivity contribution < 1.29 is 4.79 Å². The number of carbonyl (C=O) groups is 1. The average Bonchev–Trinajstić information content (AvgIpc) is 2.63. The molecule has 2 aliphatic rings. The molecule has 0 saturated carbocycles. The molecule has 1 spiro atoms. The van der Waals surface area contributed by atoms with Crippen LogP contribution in [-0.2, 0) is 0 Å². The van der Waals surface area contributed by atoms with Gasteiger partial charge in [0.05, 0.1) is 6.04 Å². The normalized spacial score (nSPS) is 24.4. The van der Waals surface area contributed by atoms with Gasteiger partial charge in [-0.05, 0) is 32.7 Å². The smallest absolute Gasteiger partial charge is 0.347 e. The number of piperidine rings is 1. The van der Waals surface area contributed by atoms with E-state index < -0.39 is 5.54 Å². The Labute approximate surface area is 114 Å². The van der Waals surface area contributed by atoms with E-state index in [1.165, 1.54) is 0 Å². The number of carbonyl (C=O) groups excluding carboxylic acids is 1. The summed E-state index contributed by atoms with van der Waals surface area (Å²) in [4.78, 5) is 20.1. The maximum Gasteiger partial charge on any atom is 0.347 e. The second-order valence-electron chi connectivity index (χ2n) is 5.37. The molecule has 1 saturated heterocycles. The van der Waals surface area contributed by atoms with E-state index in [1.807, 2.05) is 6.92 Å². The van der Waals surface area contributed by atoms with Gasteiger partial charge in [0.2, 0.25) is 0 Å². The third kappa shape index (κ3) is 2.21. The molecule has 1 atom stereocenters. The van der Waals surface area contributed by atoms with Crippen LogP contribution in [-0.4, -0.2) is 52.9 Å². The molecule has 5 heteroatoms. The van der Waals surface area contributed by atoms with Crippen LogP contribution in [0.2, 0.25) is 0 Å². The molecule has 2 heterocycles. The lowest BCUT2D eigenvalue weighted by Gasteiger charge is -2.45. The summed E-state index contributed by atoms with van der Waals surface area (Å²) in [5.41, 5.74) is 5.59. The molecule has 0 bridgehead atoms. The van der Waals surface area contributed by atoms with Gasteiger partial charge >= 0.3 is 6.03 Å². The number of aliphatic imine (C=N–C) groups is 1. The molecule has 1 fully saturated rings. The molecular weight excluding hydrogens is 240 g/mol. The van der Waals surface area contributed by atoms with Gasteiger partial charge < -0.3 is 10.6 Å². The fraction of sp³-hybridized carbons (Fsp3) is 0.714. The molecule has 19 heavy (non-hydrogen) atoms. The Morgan fingerprint density at radius 2 is 2.16 bits per heavy atom. The lowest BCUT2D eigenvalue weighted by atomic mass is 9.84. The summed E-state index contributed by atoms with van der Waals surface area (Å²) in [5, 5.41) is 0. The van der Waals surface area contributed by atoms with E-state index in [-0.39, 0.29) is 12.1 Å². The molecule has 104 valence electrons. The van der Waals surface area contributed by atoms with Crippen molar-refractivity contribution in [1.29, 1.82) is 0 Å². The predicted molar refractivity (Wildman–Crippen MR) is 75.8 cm³/mol. The highest BCUT2D eigenvalue weighted by Crippen LogP contribution is 2.35. The van der Waals surface area contributed by atoms with Gasteiger partial charge in [0.1, 0.15) is 11.4 Å². The maximum absolute atomic E-state index is 12.0. The Hall–Kier alpha value is -1.54. The summed E-state index contributed by atoms with van der Waals surface area (Å²) in [5.74, 6) is 3.07. The number of nitrogens with zero attached hydrogens (tertiary/aromatic N) is 3. The minimum absolute atomic E-state index is 0.268. The number of rotatable bonds is 3. The molecule has 2 N–H and O–H groups in total. The minimum atomic E-state index is -0.451. The van der Waals surface area contributed by atoms with E-state index in [9.17, 15) is 4.79 Å². The number of likely N-dealkylation sites (tertiary alicyclic amines) is 1. The highest BCUT2D eigenvalue weighted by molar-refractivity contribution is 6.06. The molecule has 2 rings (SSSR count). The first-order chi connectivity index (χ1) is 9.05. The Morgan fingerprint density at radius 3 is 2.68 bits per heavy atom. The van der Waals surface area contributed by atoms with Gasteiger partial charge in [-0.25, -0.2) is 4.79 Å². The molecule has 2 aliphatic heterocycles. The lowest BCUT2D eigenvalue weighted by molar-refractivity contribution is 0.0916. The van der Waals surface area contributed by atoms with Crippen LogP contribution in [0.25, 0.3) is 0 Å². The van der Waals surface area contributed by atoms with Crippen LogP contribution in [0.4, 0.5) is 4.79 Å². The Balaban J connectivity index is 2.19. The zero-order chi connectivity index (χ0) is 14.0. The summed E-state index contributed by atoms with van der Waals surface area (Å²) in [7, 11) is 0. The standard InChI is InChI=1S/C14H22N4O/c1-4-8-17-9-6-14(7-10-17)12(15)16-13(19)18(14)11(3)5-2/h2,11H,4,6-10H2,1,3H3,(H2,15,16,19). The van der Waals surface area contributed by atoms with Crippen molar-refractivity contribution in [2.45, 2.75) is 44.7 Å². The summed E-state index contributed by atoms with van der Waals surface area (Å²) in [6, 6.07) is -0.554. The zero-order valence-corrected chi connectivity index (χ0v) is 11.7. The topological polar surface area (TPSA) is 61.9 Å². The van der Waals surface area contributed by atoms with Crippen molar-refractivity contribution in [1.82, 2.24) is 9.80 Å². The first-order valence-electron chi connectivity index (χ1n) is 6.91. The second-order valence-corrected chi connectivity index (χ2v) is 5.37. The van der Waals surface area contributed by atoms with Gasteiger partial charge in [-0.3, -0.25) is 4.90 Å². The van der Waals surface area contributed by atoms with Crippen molar-refractivity contribution >= 4 is 11.9 Å². The van der Waals surface area contributed by atoms with Crippen LogP contribution in [0.1, 0.15) is 33.1 Å². The first-order valence-corrected chi connectivity index (χ1v) is 6.91. The number of terminal acetylenes is 1. The number of hydrogen-bond acceptors (Lipinski definition) is 3. The number of urea groups is 1. The van der Waals surface area contributed by atoms with Gasteiger partial charge in [0.15, 0.2) is 0 Å². The zero-order valence-electron chi connectivity index (χ0n) is 11.7. The van der Waals surface area contributed by atoms with Crippen LogP contribution in [0.15, 0.2) is 4.99 Å². The number of hydrogen-bond donors (Lipinski definition) is 1. The van der Waals surface area contributed by atoms with Crippen molar-refractivity contribution in [2.24, 2.45) is 10.7 Å². The van der Waals surface area contributed by atoms with E-state index >= 15 is 0 Å². The van der Waals surface area contributed by atoms with E-state index in [4.69, 9.17) is 12.2 Å². The molecule has 0 aliphatic carbocycles. The third-order valence-electron chi connectivity index (χ3n) is 4.21. The Morgan fingerprint density at radius 1 is 1.53 bits per heavy atom. The number of nitrogens with two attached hydrogens (primary N) is 1. The molecule has 0 aromatic carbocycles. The molecule has 2 amide bonds. The van der Waals surface area contributed by atoms with Gasteiger partial charge in [-0.2, -0.15) is 4.99 Å². The average molecular weight is 262 g/mol. The molecule has 0 aromatic heterocycles. The Bertz CT molecular complexity index is 429. The fourth-order valence-corrected chi connectivity index (χ4v) is 3.14. The van der Waals surface area contributed by atoms with Crippen molar-refractivity contribution in [3.8, 4) is 12.3 Å². The number of amidine groups is 1. The van der Waals surface area contributed by atoms with Crippen molar-refractivity contribution in [3.05, 3.63) is 0 Å². The van der Waals surface area contributed by atoms with E-state index in [1.54, 1.807) is 4.90 Å². The second kappa shape index (κ2) is 5.22. The number of amides is 2. The maximum atomic E-state index is 12.0. The van der Waals surface area contributed by atoms with Crippen molar-refractivity contribution in [2.75, 3.05) is 19.6 Å². The van der Waals surface area contributed by atoms with Crippen LogP contribution in [0.3, 0.4) is 0 Å². The third-order valence-corrected chi connectivity index (χ3v) is 4.21. The Kier molecular flexibility index (Phi) is 3.81. The molecule has 0 radical (unpaired) electrons. The summed E-state index contributed by atoms with van der Waals surface area (Å²) in [6.07, 6.45) is 8.26. The molecule has 1 unspecified atom stereocenters. The van der Waals surface area contributed by atoms with Crippen molar-refractivity contribution in [3.63, 3.8) is 0 Å². The van der Waals surface area contributed by atoms with Crippen LogP contribution >= 0.6 is 0 Å². The van der Waals surface area contributed by atoms with Crippen LogP contribution in [0, 0.1) is 12.3 Å². The van der Waals surface area contributed by atoms with Crippen LogP contribution < -0.4 is 5.73 Å². The van der Waals surface area contributed by atoms with E-state index in [0.717, 1.165) is 38.9 Å². The first kappa shape index (κ1) is 13.9. The van der Waals surface area contributed by atoms with E-state index in [0.29, 0.717) is 5.84 Å². The largest absolute Gasteiger partial charge is 0.385 e. The highest BCUT2D eigenvalue weighted by atomic mass is 16.2. The molecule has 0 aromatic rings. The SMILES string of the molecule is C#CC(C)N1C(=O)N=C(N)C12CCN(CCC)CC2. The molecule has 5 nitrogen and oxygen atoms in total. The quantitative estimate of drug-likeness (QED) is 0.773. The highest BCUT2D eigenvalue weighted by Gasteiger charge is 2.51. The van der Waals surface area contributed by atoms with Gasteiger partial charge in [0, 0.05) is 13.1 Å². The molecular formula is C14H22N4O. The minimum Gasteiger partial charge on any atom is -0.385 e. The van der Waals surface area contributed by atoms with Gasteiger partial charge in [-0.15, -0.1) is 6.42 Å². The predicted octanol–water partition coefficient (Wildman–Crippen LogP) is 1.05. The monoisotopic (exact) mass is 262 g/mol. The summed E-state index contributed by atoms with van der Waals surface area (Å²) < 4.78 is 0. The lowest BCUT2D eigenvalue weighted by Crippen LogP contribution is -2.61. The fourth-order valence-electron chi connectivity index (χ4n) is 3.14. The van der Waals surface area contributed by atoms with Gasteiger partial charge in [-0.1, -0.05) is 12.8 Å².